The third kappa shape index (κ3) is 4.80. The summed E-state index contributed by atoms with van der Waals surface area (Å²) in [6.45, 7) is 5.89. The highest BCUT2D eigenvalue weighted by atomic mass is 16.2. The fourth-order valence-electron chi connectivity index (χ4n) is 2.56. The molecule has 0 unspecified atom stereocenters. The molecule has 21 heavy (non-hydrogen) atoms. The van der Waals surface area contributed by atoms with Crippen LogP contribution < -0.4 is 5.32 Å². The maximum absolute atomic E-state index is 12.2. The Balaban J connectivity index is 1.76. The summed E-state index contributed by atoms with van der Waals surface area (Å²) in [5, 5.41) is 3.07. The molecule has 1 aromatic carbocycles. The smallest absolute Gasteiger partial charge is 0.317 e. The van der Waals surface area contributed by atoms with Gasteiger partial charge in [0.2, 0.25) is 0 Å². The van der Waals surface area contributed by atoms with Gasteiger partial charge < -0.3 is 10.2 Å². The zero-order valence-corrected chi connectivity index (χ0v) is 12.6. The number of nitrogens with zero attached hydrogens (tertiary/aromatic N) is 2. The van der Waals surface area contributed by atoms with Gasteiger partial charge in [-0.15, -0.1) is 6.42 Å². The minimum absolute atomic E-state index is 0.0267. The van der Waals surface area contributed by atoms with Gasteiger partial charge in [0.15, 0.2) is 0 Å². The molecule has 0 spiro atoms. The van der Waals surface area contributed by atoms with E-state index in [2.05, 4.69) is 28.3 Å². The lowest BCUT2D eigenvalue weighted by Crippen LogP contribution is -2.53. The first-order valence-corrected chi connectivity index (χ1v) is 7.44. The average Bonchev–Trinajstić information content (AvgIpc) is 2.49. The van der Waals surface area contributed by atoms with Gasteiger partial charge in [0.1, 0.15) is 0 Å². The number of hydrogen-bond acceptors (Lipinski definition) is 2. The minimum Gasteiger partial charge on any atom is -0.335 e. The van der Waals surface area contributed by atoms with Gasteiger partial charge in [-0.1, -0.05) is 36.3 Å². The summed E-state index contributed by atoms with van der Waals surface area (Å²) in [5.74, 6) is 2.65. The zero-order valence-electron chi connectivity index (χ0n) is 12.6. The number of benzene rings is 1. The summed E-state index contributed by atoms with van der Waals surface area (Å²) in [7, 11) is 0. The van der Waals surface area contributed by atoms with Gasteiger partial charge in [0, 0.05) is 32.2 Å². The molecular weight excluding hydrogens is 262 g/mol. The minimum atomic E-state index is 0.0267. The molecule has 1 saturated heterocycles. The summed E-state index contributed by atoms with van der Waals surface area (Å²) in [4.78, 5) is 16.3. The monoisotopic (exact) mass is 285 g/mol. The summed E-state index contributed by atoms with van der Waals surface area (Å²) in [6.07, 6.45) is 6.16. The molecule has 1 aromatic rings. The van der Waals surface area contributed by atoms with Crippen molar-refractivity contribution in [3.05, 3.63) is 35.9 Å². The van der Waals surface area contributed by atoms with Gasteiger partial charge in [-0.2, -0.15) is 0 Å². The number of urea groups is 1. The van der Waals surface area contributed by atoms with Gasteiger partial charge in [-0.3, -0.25) is 4.90 Å². The van der Waals surface area contributed by atoms with Crippen molar-refractivity contribution < 1.29 is 4.79 Å². The van der Waals surface area contributed by atoms with Gasteiger partial charge in [-0.05, 0) is 18.9 Å². The number of carbonyl (C=O) groups is 1. The first-order chi connectivity index (χ1) is 10.2. The van der Waals surface area contributed by atoms with E-state index in [-0.39, 0.29) is 12.1 Å². The fourth-order valence-corrected chi connectivity index (χ4v) is 2.56. The molecular formula is C17H23N3O. The van der Waals surface area contributed by atoms with Crippen LogP contribution in [0, 0.1) is 12.3 Å². The molecule has 1 heterocycles. The lowest BCUT2D eigenvalue weighted by atomic mass is 10.1. The first kappa shape index (κ1) is 15.4. The molecule has 112 valence electrons. The largest absolute Gasteiger partial charge is 0.335 e. The molecule has 4 nitrogen and oxygen atoms in total. The summed E-state index contributed by atoms with van der Waals surface area (Å²) in [5.41, 5.74) is 1.24. The Kier molecular flexibility index (Phi) is 5.65. The highest BCUT2D eigenvalue weighted by molar-refractivity contribution is 5.74. The van der Waals surface area contributed by atoms with Crippen molar-refractivity contribution in [2.24, 2.45) is 0 Å². The Bertz CT molecular complexity index is 487. The zero-order chi connectivity index (χ0) is 15.1. The molecule has 1 aliphatic heterocycles. The Morgan fingerprint density at radius 2 is 1.95 bits per heavy atom. The molecule has 1 aliphatic rings. The van der Waals surface area contributed by atoms with E-state index in [0.717, 1.165) is 32.6 Å². The van der Waals surface area contributed by atoms with Crippen molar-refractivity contribution in [1.82, 2.24) is 15.1 Å². The quantitative estimate of drug-likeness (QED) is 0.853. The van der Waals surface area contributed by atoms with Gasteiger partial charge in [0.05, 0.1) is 6.54 Å². The van der Waals surface area contributed by atoms with Crippen LogP contribution >= 0.6 is 0 Å². The van der Waals surface area contributed by atoms with Crippen LogP contribution in [-0.2, 0) is 6.42 Å². The van der Waals surface area contributed by atoms with Gasteiger partial charge in [0.25, 0.3) is 0 Å². The van der Waals surface area contributed by atoms with Crippen molar-refractivity contribution in [3.8, 4) is 12.3 Å². The summed E-state index contributed by atoms with van der Waals surface area (Å²) in [6, 6.07) is 10.4. The molecule has 4 heteroatoms. The van der Waals surface area contributed by atoms with E-state index < -0.39 is 0 Å². The summed E-state index contributed by atoms with van der Waals surface area (Å²) < 4.78 is 0. The first-order valence-electron chi connectivity index (χ1n) is 7.44. The molecule has 0 radical (unpaired) electrons. The number of terminal acetylenes is 1. The van der Waals surface area contributed by atoms with Crippen molar-refractivity contribution in [2.75, 3.05) is 32.7 Å². The van der Waals surface area contributed by atoms with E-state index in [1.165, 1.54) is 5.56 Å². The van der Waals surface area contributed by atoms with Crippen LogP contribution in [0.15, 0.2) is 30.3 Å². The number of rotatable bonds is 4. The van der Waals surface area contributed by atoms with Gasteiger partial charge >= 0.3 is 6.03 Å². The fraction of sp³-hybridized carbons (Fsp3) is 0.471. The lowest BCUT2D eigenvalue weighted by Gasteiger charge is -2.34. The Morgan fingerprint density at radius 1 is 1.29 bits per heavy atom. The molecule has 0 aliphatic carbocycles. The van der Waals surface area contributed by atoms with Crippen LogP contribution in [0.25, 0.3) is 0 Å². The highest BCUT2D eigenvalue weighted by Crippen LogP contribution is 2.05. The second-order valence-electron chi connectivity index (χ2n) is 5.51. The highest BCUT2D eigenvalue weighted by Gasteiger charge is 2.21. The Labute approximate surface area is 127 Å². The molecule has 0 bridgehead atoms. The van der Waals surface area contributed by atoms with Crippen LogP contribution in [-0.4, -0.2) is 54.6 Å². The second kappa shape index (κ2) is 7.70. The number of piperazine rings is 1. The third-order valence-electron chi connectivity index (χ3n) is 3.73. The number of amides is 2. The van der Waals surface area contributed by atoms with Crippen molar-refractivity contribution in [1.29, 1.82) is 0 Å². The van der Waals surface area contributed by atoms with E-state index in [4.69, 9.17) is 6.42 Å². The molecule has 2 rings (SSSR count). The van der Waals surface area contributed by atoms with Crippen LogP contribution in [0.2, 0.25) is 0 Å². The molecule has 0 saturated carbocycles. The molecule has 1 N–H and O–H groups in total. The maximum atomic E-state index is 12.2. The Morgan fingerprint density at radius 3 is 2.57 bits per heavy atom. The predicted octanol–water partition coefficient (Wildman–Crippen LogP) is 1.58. The molecule has 2 amide bonds. The number of carbonyl (C=O) groups excluding carboxylic acids is 1. The molecule has 0 aromatic heterocycles. The SMILES string of the molecule is C#CCN1CCN(C(=O)N[C@@H](C)Cc2ccccc2)CC1. The normalized spacial score (nSPS) is 17.0. The average molecular weight is 285 g/mol. The summed E-state index contributed by atoms with van der Waals surface area (Å²) >= 11 is 0. The van der Waals surface area contributed by atoms with E-state index in [9.17, 15) is 4.79 Å². The van der Waals surface area contributed by atoms with Crippen LogP contribution in [0.1, 0.15) is 12.5 Å². The topological polar surface area (TPSA) is 35.6 Å². The molecule has 1 atom stereocenters. The second-order valence-corrected chi connectivity index (χ2v) is 5.51. The van der Waals surface area contributed by atoms with E-state index in [1.807, 2.05) is 30.0 Å². The van der Waals surface area contributed by atoms with Gasteiger partial charge in [-0.25, -0.2) is 4.79 Å². The van der Waals surface area contributed by atoms with E-state index in [0.29, 0.717) is 6.54 Å². The van der Waals surface area contributed by atoms with Crippen LogP contribution in [0.5, 0.6) is 0 Å². The standard InChI is InChI=1S/C17H23N3O/c1-3-9-19-10-12-20(13-11-19)17(21)18-15(2)14-16-7-5-4-6-8-16/h1,4-8,15H,9-14H2,2H3,(H,18,21)/t15-/m0/s1. The third-order valence-corrected chi connectivity index (χ3v) is 3.73. The van der Waals surface area contributed by atoms with E-state index >= 15 is 0 Å². The van der Waals surface area contributed by atoms with Crippen molar-refractivity contribution >= 4 is 6.03 Å². The van der Waals surface area contributed by atoms with Crippen LogP contribution in [0.3, 0.4) is 0 Å². The molecule has 1 fully saturated rings. The van der Waals surface area contributed by atoms with E-state index in [1.54, 1.807) is 0 Å². The van der Waals surface area contributed by atoms with Crippen molar-refractivity contribution in [2.45, 2.75) is 19.4 Å². The Hall–Kier alpha value is -1.99. The lowest BCUT2D eigenvalue weighted by molar-refractivity contribution is 0.146. The number of hydrogen-bond donors (Lipinski definition) is 1. The van der Waals surface area contributed by atoms with Crippen LogP contribution in [0.4, 0.5) is 4.79 Å². The number of nitrogens with one attached hydrogen (secondary N) is 1. The predicted molar refractivity (Wildman–Crippen MR) is 85.0 cm³/mol. The maximum Gasteiger partial charge on any atom is 0.317 e. The van der Waals surface area contributed by atoms with Crippen molar-refractivity contribution in [3.63, 3.8) is 0 Å².